The van der Waals surface area contributed by atoms with E-state index in [1.807, 2.05) is 6.07 Å². The van der Waals surface area contributed by atoms with Crippen molar-refractivity contribution in [2.45, 2.75) is 4.90 Å². The van der Waals surface area contributed by atoms with Crippen LogP contribution >= 0.6 is 15.9 Å². The summed E-state index contributed by atoms with van der Waals surface area (Å²) in [6.45, 7) is 0. The van der Waals surface area contributed by atoms with Crippen LogP contribution in [-0.4, -0.2) is 27.0 Å². The van der Waals surface area contributed by atoms with Crippen LogP contribution in [-0.2, 0) is 10.0 Å². The lowest BCUT2D eigenvalue weighted by Crippen LogP contribution is -2.22. The molecular weight excluding hydrogens is 480 g/mol. The molecule has 1 aliphatic rings. The number of carbonyl (C=O) groups is 1. The van der Waals surface area contributed by atoms with E-state index in [-0.39, 0.29) is 22.1 Å². The van der Waals surface area contributed by atoms with Crippen LogP contribution in [0, 0.1) is 0 Å². The lowest BCUT2D eigenvalue weighted by molar-refractivity contribution is 0.103. The number of Topliss-reactive ketones (excluding diaryl/α,β-unsaturated/α-hetero) is 1. The van der Waals surface area contributed by atoms with Gasteiger partial charge in [0, 0.05) is 15.6 Å². The van der Waals surface area contributed by atoms with Gasteiger partial charge < -0.3 is 10.1 Å². The highest BCUT2D eigenvalue weighted by Gasteiger charge is 2.26. The zero-order valence-electron chi connectivity index (χ0n) is 16.4. The molecule has 3 aromatic carbocycles. The minimum Gasteiger partial charge on any atom is -0.495 e. The molecule has 156 valence electrons. The summed E-state index contributed by atoms with van der Waals surface area (Å²) in [5.74, 6) is 0.289. The van der Waals surface area contributed by atoms with Crippen molar-refractivity contribution in [2.24, 2.45) is 4.40 Å². The van der Waals surface area contributed by atoms with Crippen LogP contribution in [0.2, 0.25) is 0 Å². The first-order chi connectivity index (χ1) is 14.9. The van der Waals surface area contributed by atoms with Gasteiger partial charge in [0.1, 0.15) is 5.75 Å². The van der Waals surface area contributed by atoms with E-state index in [0.29, 0.717) is 22.6 Å². The number of carbonyl (C=O) groups excluding carboxylic acids is 1. The van der Waals surface area contributed by atoms with Gasteiger partial charge in [0.05, 0.1) is 29.1 Å². The van der Waals surface area contributed by atoms with E-state index in [1.165, 1.54) is 25.3 Å². The number of nitrogens with zero attached hydrogens (tertiary/aromatic N) is 1. The van der Waals surface area contributed by atoms with E-state index in [2.05, 4.69) is 25.6 Å². The highest BCUT2D eigenvalue weighted by Crippen LogP contribution is 2.29. The van der Waals surface area contributed by atoms with Gasteiger partial charge in [-0.2, -0.15) is 12.8 Å². The number of rotatable bonds is 5. The van der Waals surface area contributed by atoms with E-state index >= 15 is 0 Å². The summed E-state index contributed by atoms with van der Waals surface area (Å²) in [5, 5.41) is 3.06. The van der Waals surface area contributed by atoms with E-state index in [0.717, 1.165) is 4.47 Å². The molecule has 6 nitrogen and oxygen atoms in total. The second-order valence-electron chi connectivity index (χ2n) is 6.66. The Morgan fingerprint density at radius 1 is 0.903 bits per heavy atom. The van der Waals surface area contributed by atoms with Gasteiger partial charge in [-0.15, -0.1) is 0 Å². The number of nitrogens with one attached hydrogen (secondary N) is 1. The number of ketones is 1. The van der Waals surface area contributed by atoms with Crippen molar-refractivity contribution < 1.29 is 17.9 Å². The Labute approximate surface area is 188 Å². The molecule has 0 bridgehead atoms. The molecule has 0 radical (unpaired) electrons. The fourth-order valence-corrected chi connectivity index (χ4v) is 4.44. The van der Waals surface area contributed by atoms with Gasteiger partial charge in [-0.25, -0.2) is 0 Å². The summed E-state index contributed by atoms with van der Waals surface area (Å²) in [7, 11) is -2.45. The Morgan fingerprint density at radius 2 is 1.55 bits per heavy atom. The maximum absolute atomic E-state index is 13.1. The Balaban J connectivity index is 1.82. The van der Waals surface area contributed by atoms with Crippen LogP contribution in [0.25, 0.3) is 0 Å². The molecule has 0 amide bonds. The van der Waals surface area contributed by atoms with E-state index in [9.17, 15) is 13.2 Å². The Morgan fingerprint density at radius 3 is 2.26 bits per heavy atom. The molecule has 4 rings (SSSR count). The summed E-state index contributed by atoms with van der Waals surface area (Å²) >= 11 is 3.29. The second-order valence-corrected chi connectivity index (χ2v) is 9.18. The first-order valence-electron chi connectivity index (χ1n) is 9.25. The van der Waals surface area contributed by atoms with Crippen LogP contribution in [0.3, 0.4) is 0 Å². The second kappa shape index (κ2) is 8.49. The number of fused-ring (bicyclic) bond motifs is 1. The van der Waals surface area contributed by atoms with Gasteiger partial charge in [0.15, 0.2) is 0 Å². The zero-order chi connectivity index (χ0) is 22.0. The van der Waals surface area contributed by atoms with Gasteiger partial charge in [0.2, 0.25) is 5.78 Å². The number of hydrogen-bond donors (Lipinski definition) is 1. The smallest absolute Gasteiger partial charge is 0.282 e. The molecule has 8 heteroatoms. The standard InChI is InChI=1S/C23H17BrN2O4S/c1-30-22-9-5-4-8-19(22)25-21-14-20(17-6-2-3-7-18(17)23(21)27)26-31(28,29)16-12-10-15(24)11-13-16/h2-14,25H,1H3/b26-20-. The molecule has 0 spiro atoms. The molecule has 31 heavy (non-hydrogen) atoms. The number of benzene rings is 3. The summed E-state index contributed by atoms with van der Waals surface area (Å²) < 4.78 is 36.0. The minimum absolute atomic E-state index is 0.0604. The molecule has 0 atom stereocenters. The summed E-state index contributed by atoms with van der Waals surface area (Å²) in [6.07, 6.45) is 1.45. The molecule has 0 saturated carbocycles. The fraction of sp³-hybridized carbons (Fsp3) is 0.0435. The Kier molecular flexibility index (Phi) is 5.75. The van der Waals surface area contributed by atoms with E-state index in [1.54, 1.807) is 54.6 Å². The highest BCUT2D eigenvalue weighted by molar-refractivity contribution is 9.10. The Bertz CT molecular complexity index is 1330. The summed E-state index contributed by atoms with van der Waals surface area (Å²) in [4.78, 5) is 13.1. The van der Waals surface area contributed by atoms with Crippen molar-refractivity contribution in [1.82, 2.24) is 0 Å². The number of sulfonamides is 1. The van der Waals surface area contributed by atoms with Crippen LogP contribution < -0.4 is 10.1 Å². The van der Waals surface area contributed by atoms with Crippen molar-refractivity contribution >= 4 is 43.1 Å². The number of anilines is 1. The maximum Gasteiger partial charge on any atom is 0.282 e. The topological polar surface area (TPSA) is 84.8 Å². The lowest BCUT2D eigenvalue weighted by atomic mass is 9.92. The third kappa shape index (κ3) is 4.30. The molecule has 3 aromatic rings. The van der Waals surface area contributed by atoms with Gasteiger partial charge in [-0.3, -0.25) is 4.79 Å². The molecule has 0 aliphatic heterocycles. The van der Waals surface area contributed by atoms with Crippen molar-refractivity contribution in [3.05, 3.63) is 100 Å². The average molecular weight is 497 g/mol. The first-order valence-corrected chi connectivity index (χ1v) is 11.5. The van der Waals surface area contributed by atoms with Crippen LogP contribution in [0.1, 0.15) is 15.9 Å². The van der Waals surface area contributed by atoms with E-state index in [4.69, 9.17) is 4.74 Å². The van der Waals surface area contributed by atoms with Crippen molar-refractivity contribution in [3.8, 4) is 5.75 Å². The summed E-state index contributed by atoms with van der Waals surface area (Å²) in [6, 6.07) is 20.2. The number of allylic oxidation sites excluding steroid dienone is 2. The van der Waals surface area contributed by atoms with Crippen molar-refractivity contribution in [2.75, 3.05) is 12.4 Å². The average Bonchev–Trinajstić information content (AvgIpc) is 2.77. The molecule has 0 aromatic heterocycles. The largest absolute Gasteiger partial charge is 0.495 e. The zero-order valence-corrected chi connectivity index (χ0v) is 18.8. The van der Waals surface area contributed by atoms with Crippen molar-refractivity contribution in [3.63, 3.8) is 0 Å². The first kappa shape index (κ1) is 21.0. The molecule has 0 fully saturated rings. The molecule has 0 unspecified atom stereocenters. The van der Waals surface area contributed by atoms with Crippen LogP contribution in [0.15, 0.2) is 98.3 Å². The van der Waals surface area contributed by atoms with Gasteiger partial charge in [0.25, 0.3) is 10.0 Å². The predicted molar refractivity (Wildman–Crippen MR) is 123 cm³/mol. The normalized spacial score (nSPS) is 14.7. The lowest BCUT2D eigenvalue weighted by Gasteiger charge is -2.19. The highest BCUT2D eigenvalue weighted by atomic mass is 79.9. The molecule has 0 heterocycles. The monoisotopic (exact) mass is 496 g/mol. The molecule has 1 N–H and O–H groups in total. The number of hydrogen-bond acceptors (Lipinski definition) is 5. The van der Waals surface area contributed by atoms with Crippen LogP contribution in [0.5, 0.6) is 5.75 Å². The minimum atomic E-state index is -3.99. The molecular formula is C23H17BrN2O4S. The Hall–Kier alpha value is -3.23. The third-order valence-corrected chi connectivity index (χ3v) is 6.51. The maximum atomic E-state index is 13.1. The number of ether oxygens (including phenoxy) is 1. The molecule has 0 saturated heterocycles. The van der Waals surface area contributed by atoms with Crippen molar-refractivity contribution in [1.29, 1.82) is 0 Å². The molecule has 1 aliphatic carbocycles. The number of para-hydroxylation sites is 2. The quantitative estimate of drug-likeness (QED) is 0.546. The van der Waals surface area contributed by atoms with Gasteiger partial charge >= 0.3 is 0 Å². The number of halogens is 1. The van der Waals surface area contributed by atoms with Crippen LogP contribution in [0.4, 0.5) is 5.69 Å². The van der Waals surface area contributed by atoms with Gasteiger partial charge in [-0.1, -0.05) is 52.3 Å². The van der Waals surface area contributed by atoms with Gasteiger partial charge in [-0.05, 0) is 42.5 Å². The third-order valence-electron chi connectivity index (χ3n) is 4.68. The fourth-order valence-electron chi connectivity index (χ4n) is 3.18. The predicted octanol–water partition coefficient (Wildman–Crippen LogP) is 4.83. The SMILES string of the molecule is COc1ccccc1NC1=C/C(=N/S(=O)(=O)c2ccc(Br)cc2)c2ccccc2C1=O. The number of methoxy groups -OCH3 is 1. The van der Waals surface area contributed by atoms with E-state index < -0.39 is 10.0 Å². The summed E-state index contributed by atoms with van der Waals surface area (Å²) in [5.41, 5.74) is 1.79.